The van der Waals surface area contributed by atoms with Crippen molar-refractivity contribution in [3.63, 3.8) is 0 Å². The summed E-state index contributed by atoms with van der Waals surface area (Å²) in [6.45, 7) is 7.70. The van der Waals surface area contributed by atoms with Gasteiger partial charge < -0.3 is 15.2 Å². The van der Waals surface area contributed by atoms with Crippen LogP contribution in [-0.2, 0) is 5.54 Å². The first kappa shape index (κ1) is 21.6. The van der Waals surface area contributed by atoms with Crippen LogP contribution in [0, 0.1) is 6.92 Å². The van der Waals surface area contributed by atoms with E-state index in [1.54, 1.807) is 50.4 Å². The molecule has 7 heteroatoms. The van der Waals surface area contributed by atoms with E-state index in [1.807, 2.05) is 19.9 Å². The molecule has 1 amide bonds. The number of hydrogen-bond acceptors (Lipinski definition) is 4. The lowest BCUT2D eigenvalue weighted by Crippen LogP contribution is -2.40. The summed E-state index contributed by atoms with van der Waals surface area (Å²) in [5.74, 6) is 0.258. The van der Waals surface area contributed by atoms with Gasteiger partial charge in [0.05, 0.1) is 17.2 Å². The molecule has 3 aromatic rings. The fourth-order valence-electron chi connectivity index (χ4n) is 3.46. The third-order valence-corrected chi connectivity index (χ3v) is 5.26. The van der Waals surface area contributed by atoms with Gasteiger partial charge >= 0.3 is 6.09 Å². The van der Waals surface area contributed by atoms with Crippen LogP contribution in [0.1, 0.15) is 47.8 Å². The summed E-state index contributed by atoms with van der Waals surface area (Å²) in [7, 11) is 0. The molecule has 0 unspecified atom stereocenters. The number of aryl methyl sites for hydroxylation is 1. The number of carbonyl (C=O) groups excluding carboxylic acids is 1. The average Bonchev–Trinajstić information content (AvgIpc) is 2.68. The van der Waals surface area contributed by atoms with E-state index in [1.165, 1.54) is 0 Å². The molecule has 30 heavy (non-hydrogen) atoms. The number of amides is 1. The molecule has 0 spiro atoms. The molecule has 1 aromatic heterocycles. The van der Waals surface area contributed by atoms with Gasteiger partial charge in [-0.3, -0.25) is 4.79 Å². The Kier molecular flexibility index (Phi) is 5.99. The predicted octanol–water partition coefficient (Wildman–Crippen LogP) is 5.33. The third-order valence-electron chi connectivity index (χ3n) is 4.95. The van der Waals surface area contributed by atoms with Gasteiger partial charge in [-0.15, -0.1) is 0 Å². The zero-order valence-electron chi connectivity index (χ0n) is 17.2. The number of halogens is 1. The maximum atomic E-state index is 13.4. The highest BCUT2D eigenvalue weighted by molar-refractivity contribution is 6.35. The number of ether oxygens (including phenoxy) is 1. The number of rotatable bonds is 6. The number of ketones is 1. The first-order chi connectivity index (χ1) is 14.2. The molecule has 156 valence electrons. The van der Waals surface area contributed by atoms with Crippen LogP contribution in [-0.4, -0.2) is 28.6 Å². The van der Waals surface area contributed by atoms with E-state index in [0.717, 1.165) is 16.3 Å². The molecule has 0 saturated carbocycles. The summed E-state index contributed by atoms with van der Waals surface area (Å²) >= 11 is 6.46. The van der Waals surface area contributed by atoms with E-state index in [2.05, 4.69) is 10.3 Å². The third kappa shape index (κ3) is 4.09. The SMILES string of the molecule is CCOc1ncc(C)c2c(C(=O)c3ccc(C(C)(C)NC(=O)O)cc3Cl)cccc12. The largest absolute Gasteiger partial charge is 0.478 e. The zero-order chi connectivity index (χ0) is 22.1. The van der Waals surface area contributed by atoms with Crippen LogP contribution in [0.4, 0.5) is 4.79 Å². The smallest absolute Gasteiger partial charge is 0.405 e. The molecule has 0 fully saturated rings. The molecular weight excluding hydrogens is 404 g/mol. The second-order valence-corrected chi connectivity index (χ2v) is 7.89. The average molecular weight is 427 g/mol. The van der Waals surface area contributed by atoms with Gasteiger partial charge in [-0.2, -0.15) is 0 Å². The van der Waals surface area contributed by atoms with Crippen molar-refractivity contribution in [3.8, 4) is 5.88 Å². The molecule has 3 rings (SSSR count). The summed E-state index contributed by atoms with van der Waals surface area (Å²) in [6, 6.07) is 10.4. The lowest BCUT2D eigenvalue weighted by atomic mass is 9.91. The van der Waals surface area contributed by atoms with Crippen LogP contribution in [0.25, 0.3) is 10.8 Å². The molecule has 0 atom stereocenters. The van der Waals surface area contributed by atoms with Gasteiger partial charge in [0.2, 0.25) is 5.88 Å². The number of aromatic nitrogens is 1. The Morgan fingerprint density at radius 2 is 1.93 bits per heavy atom. The Morgan fingerprint density at radius 3 is 2.57 bits per heavy atom. The second-order valence-electron chi connectivity index (χ2n) is 7.49. The van der Waals surface area contributed by atoms with Gasteiger partial charge in [0.15, 0.2) is 5.78 Å². The van der Waals surface area contributed by atoms with Gasteiger partial charge in [-0.1, -0.05) is 29.8 Å². The molecule has 2 N–H and O–H groups in total. The minimum atomic E-state index is -1.14. The number of carboxylic acid groups (broad SMARTS) is 1. The number of hydrogen-bond donors (Lipinski definition) is 2. The predicted molar refractivity (Wildman–Crippen MR) is 117 cm³/mol. The van der Waals surface area contributed by atoms with Gasteiger partial charge in [-0.05, 0) is 57.0 Å². The van der Waals surface area contributed by atoms with E-state index in [0.29, 0.717) is 29.2 Å². The van der Waals surface area contributed by atoms with Crippen LogP contribution in [0.5, 0.6) is 5.88 Å². The highest BCUT2D eigenvalue weighted by Crippen LogP contribution is 2.32. The van der Waals surface area contributed by atoms with Crippen LogP contribution in [0.15, 0.2) is 42.6 Å². The molecule has 1 heterocycles. The van der Waals surface area contributed by atoms with Crippen molar-refractivity contribution in [1.82, 2.24) is 10.3 Å². The Bertz CT molecular complexity index is 1140. The number of nitrogens with one attached hydrogen (secondary N) is 1. The van der Waals surface area contributed by atoms with E-state index in [4.69, 9.17) is 21.4 Å². The van der Waals surface area contributed by atoms with Crippen LogP contribution >= 0.6 is 11.6 Å². The molecule has 0 aliphatic carbocycles. The molecule has 0 bridgehead atoms. The molecule has 0 aliphatic heterocycles. The highest BCUT2D eigenvalue weighted by Gasteiger charge is 2.25. The highest BCUT2D eigenvalue weighted by atomic mass is 35.5. The Morgan fingerprint density at radius 1 is 1.20 bits per heavy atom. The van der Waals surface area contributed by atoms with Crippen molar-refractivity contribution < 1.29 is 19.4 Å². The van der Waals surface area contributed by atoms with Crippen molar-refractivity contribution in [2.75, 3.05) is 6.61 Å². The van der Waals surface area contributed by atoms with Crippen molar-refractivity contribution >= 4 is 34.2 Å². The number of nitrogens with zero attached hydrogens (tertiary/aromatic N) is 1. The summed E-state index contributed by atoms with van der Waals surface area (Å²) in [6.07, 6.45) is 0.552. The standard InChI is InChI=1S/C23H23ClN2O4/c1-5-30-21-17-8-6-7-16(19(17)13(2)12-25-21)20(27)15-10-9-14(11-18(15)24)23(3,4)26-22(28)29/h6-12,26H,5H2,1-4H3,(H,28,29). The number of benzene rings is 2. The topological polar surface area (TPSA) is 88.5 Å². The summed E-state index contributed by atoms with van der Waals surface area (Å²) < 4.78 is 5.62. The number of pyridine rings is 1. The fraction of sp³-hybridized carbons (Fsp3) is 0.261. The summed E-state index contributed by atoms with van der Waals surface area (Å²) in [5, 5.41) is 13.3. The Labute approximate surface area is 179 Å². The van der Waals surface area contributed by atoms with Crippen LogP contribution in [0.3, 0.4) is 0 Å². The van der Waals surface area contributed by atoms with Crippen LogP contribution < -0.4 is 10.1 Å². The lowest BCUT2D eigenvalue weighted by Gasteiger charge is -2.25. The first-order valence-corrected chi connectivity index (χ1v) is 9.90. The van der Waals surface area contributed by atoms with E-state index >= 15 is 0 Å². The Hall–Kier alpha value is -3.12. The molecule has 6 nitrogen and oxygen atoms in total. The normalized spacial score (nSPS) is 11.4. The van der Waals surface area contributed by atoms with E-state index in [-0.39, 0.29) is 10.8 Å². The Balaban J connectivity index is 2.09. The van der Waals surface area contributed by atoms with Crippen molar-refractivity contribution in [3.05, 3.63) is 69.9 Å². The zero-order valence-corrected chi connectivity index (χ0v) is 18.0. The van der Waals surface area contributed by atoms with Crippen LogP contribution in [0.2, 0.25) is 5.02 Å². The minimum absolute atomic E-state index is 0.224. The maximum absolute atomic E-state index is 13.4. The quantitative estimate of drug-likeness (QED) is 0.520. The maximum Gasteiger partial charge on any atom is 0.405 e. The van der Waals surface area contributed by atoms with Gasteiger partial charge in [0, 0.05) is 28.1 Å². The number of fused-ring (bicyclic) bond motifs is 1. The fourth-order valence-corrected chi connectivity index (χ4v) is 3.72. The van der Waals surface area contributed by atoms with Crippen molar-refractivity contribution in [2.45, 2.75) is 33.2 Å². The van der Waals surface area contributed by atoms with E-state index < -0.39 is 11.6 Å². The molecule has 0 radical (unpaired) electrons. The molecule has 0 saturated heterocycles. The van der Waals surface area contributed by atoms with Crippen molar-refractivity contribution in [2.24, 2.45) is 0 Å². The number of carbonyl (C=O) groups is 2. The molecule has 2 aromatic carbocycles. The summed E-state index contributed by atoms with van der Waals surface area (Å²) in [4.78, 5) is 28.8. The molecule has 0 aliphatic rings. The van der Waals surface area contributed by atoms with Gasteiger partial charge in [0.25, 0.3) is 0 Å². The molecular formula is C23H23ClN2O4. The monoisotopic (exact) mass is 426 g/mol. The van der Waals surface area contributed by atoms with E-state index in [9.17, 15) is 9.59 Å². The summed E-state index contributed by atoms with van der Waals surface area (Å²) in [5.41, 5.74) is 1.50. The second kappa shape index (κ2) is 8.32. The minimum Gasteiger partial charge on any atom is -0.478 e. The first-order valence-electron chi connectivity index (χ1n) is 9.52. The van der Waals surface area contributed by atoms with Gasteiger partial charge in [-0.25, -0.2) is 9.78 Å². The van der Waals surface area contributed by atoms with Crippen molar-refractivity contribution in [1.29, 1.82) is 0 Å². The van der Waals surface area contributed by atoms with Gasteiger partial charge in [0.1, 0.15) is 0 Å². The lowest BCUT2D eigenvalue weighted by molar-refractivity contribution is 0.104.